The second kappa shape index (κ2) is 5.82. The number of ether oxygens (including phenoxy) is 1. The summed E-state index contributed by atoms with van der Waals surface area (Å²) >= 11 is 0. The molecule has 26 heavy (non-hydrogen) atoms. The SMILES string of the molecule is Cc1ncoc1C(=O)N1CCC2(C1)CN(C)S(=O)(=O)c1ccccc1O2. The van der Waals surface area contributed by atoms with Gasteiger partial charge in [-0.2, -0.15) is 4.31 Å². The summed E-state index contributed by atoms with van der Waals surface area (Å²) in [6, 6.07) is 6.60. The minimum Gasteiger partial charge on any atom is -0.483 e. The number of likely N-dealkylation sites (N-methyl/N-ethyl adjacent to an activating group) is 1. The first kappa shape index (κ1) is 17.0. The highest BCUT2D eigenvalue weighted by molar-refractivity contribution is 7.89. The van der Waals surface area contributed by atoms with E-state index in [1.165, 1.54) is 23.8 Å². The van der Waals surface area contributed by atoms with E-state index >= 15 is 0 Å². The molecule has 1 amide bonds. The second-order valence-electron chi connectivity index (χ2n) is 6.74. The number of aromatic nitrogens is 1. The molecule has 9 heteroatoms. The fourth-order valence-electron chi connectivity index (χ4n) is 3.55. The Morgan fingerprint density at radius 2 is 2.04 bits per heavy atom. The number of oxazole rings is 1. The van der Waals surface area contributed by atoms with E-state index in [1.807, 2.05) is 0 Å². The zero-order valence-electron chi connectivity index (χ0n) is 14.5. The van der Waals surface area contributed by atoms with Crippen molar-refractivity contribution in [1.82, 2.24) is 14.2 Å². The van der Waals surface area contributed by atoms with Crippen LogP contribution in [0.5, 0.6) is 5.75 Å². The van der Waals surface area contributed by atoms with Crippen LogP contribution in [0.3, 0.4) is 0 Å². The number of likely N-dealkylation sites (tertiary alicyclic amines) is 1. The van der Waals surface area contributed by atoms with Crippen molar-refractivity contribution in [2.75, 3.05) is 26.7 Å². The molecule has 0 aliphatic carbocycles. The molecular weight excluding hydrogens is 358 g/mol. The molecule has 1 aromatic carbocycles. The van der Waals surface area contributed by atoms with Crippen molar-refractivity contribution in [1.29, 1.82) is 0 Å². The smallest absolute Gasteiger partial charge is 0.291 e. The molecule has 1 unspecified atom stereocenters. The summed E-state index contributed by atoms with van der Waals surface area (Å²) in [5.74, 6) is 0.266. The van der Waals surface area contributed by atoms with E-state index < -0.39 is 15.6 Å². The standard InChI is InChI=1S/C17H19N3O5S/c1-12-15(24-11-18-12)16(21)20-8-7-17(10-20)9-19(2)26(22,23)14-6-4-3-5-13(14)25-17/h3-6,11H,7-10H2,1-2H3. The number of carbonyl (C=O) groups is 1. The first-order chi connectivity index (χ1) is 12.3. The first-order valence-electron chi connectivity index (χ1n) is 8.26. The van der Waals surface area contributed by atoms with Gasteiger partial charge in [0.15, 0.2) is 6.39 Å². The number of fused-ring (bicyclic) bond motifs is 1. The molecule has 1 spiro atoms. The number of nitrogens with zero attached hydrogens (tertiary/aromatic N) is 3. The van der Waals surface area contributed by atoms with Gasteiger partial charge < -0.3 is 14.1 Å². The average Bonchev–Trinajstić information content (AvgIpc) is 3.19. The third-order valence-corrected chi connectivity index (χ3v) is 6.76. The Hall–Kier alpha value is -2.39. The molecule has 8 nitrogen and oxygen atoms in total. The minimum absolute atomic E-state index is 0.148. The number of hydrogen-bond acceptors (Lipinski definition) is 6. The molecule has 2 aliphatic heterocycles. The van der Waals surface area contributed by atoms with Crippen LogP contribution in [-0.4, -0.2) is 60.8 Å². The molecule has 2 aromatic rings. The van der Waals surface area contributed by atoms with Gasteiger partial charge in [0.05, 0.1) is 18.8 Å². The Bertz CT molecular complexity index is 970. The number of sulfonamides is 1. The lowest BCUT2D eigenvalue weighted by Gasteiger charge is -2.30. The van der Waals surface area contributed by atoms with E-state index in [4.69, 9.17) is 9.15 Å². The summed E-state index contributed by atoms with van der Waals surface area (Å²) in [6.45, 7) is 2.61. The molecule has 0 saturated carbocycles. The van der Waals surface area contributed by atoms with E-state index in [2.05, 4.69) is 4.98 Å². The lowest BCUT2D eigenvalue weighted by molar-refractivity contribution is 0.0529. The van der Waals surface area contributed by atoms with Crippen LogP contribution in [0.1, 0.15) is 22.7 Å². The molecule has 0 bridgehead atoms. The molecule has 1 atom stereocenters. The highest BCUT2D eigenvalue weighted by atomic mass is 32.2. The van der Waals surface area contributed by atoms with Gasteiger partial charge in [-0.3, -0.25) is 4.79 Å². The van der Waals surface area contributed by atoms with Crippen molar-refractivity contribution < 1.29 is 22.4 Å². The Balaban J connectivity index is 1.66. The number of hydrogen-bond donors (Lipinski definition) is 0. The van der Waals surface area contributed by atoms with Crippen LogP contribution in [0.25, 0.3) is 0 Å². The van der Waals surface area contributed by atoms with Gasteiger partial charge in [-0.1, -0.05) is 12.1 Å². The third kappa shape index (κ3) is 2.58. The van der Waals surface area contributed by atoms with Crippen molar-refractivity contribution in [2.45, 2.75) is 23.8 Å². The lowest BCUT2D eigenvalue weighted by Crippen LogP contribution is -2.48. The fourth-order valence-corrected chi connectivity index (χ4v) is 4.91. The summed E-state index contributed by atoms with van der Waals surface area (Å²) in [5.41, 5.74) is -0.263. The van der Waals surface area contributed by atoms with Crippen LogP contribution in [0.15, 0.2) is 40.0 Å². The van der Waals surface area contributed by atoms with Gasteiger partial charge >= 0.3 is 0 Å². The zero-order chi connectivity index (χ0) is 18.5. The van der Waals surface area contributed by atoms with Crippen LogP contribution in [0.4, 0.5) is 0 Å². The van der Waals surface area contributed by atoms with Crippen LogP contribution in [0, 0.1) is 6.92 Å². The maximum Gasteiger partial charge on any atom is 0.291 e. The number of aryl methyl sites for hydroxylation is 1. The maximum absolute atomic E-state index is 12.8. The van der Waals surface area contributed by atoms with Gasteiger partial charge in [-0.05, 0) is 19.1 Å². The Labute approximate surface area is 151 Å². The van der Waals surface area contributed by atoms with Gasteiger partial charge in [0.2, 0.25) is 15.8 Å². The number of para-hydroxylation sites is 1. The third-order valence-electron chi connectivity index (χ3n) is 4.92. The normalized spacial score (nSPS) is 24.9. The number of carbonyl (C=O) groups excluding carboxylic acids is 1. The molecule has 3 heterocycles. The van der Waals surface area contributed by atoms with Crippen LogP contribution in [0.2, 0.25) is 0 Å². The predicted octanol–water partition coefficient (Wildman–Crippen LogP) is 1.28. The van der Waals surface area contributed by atoms with Crippen LogP contribution in [-0.2, 0) is 10.0 Å². The summed E-state index contributed by atoms with van der Waals surface area (Å²) in [7, 11) is -2.10. The first-order valence-corrected chi connectivity index (χ1v) is 9.70. The Morgan fingerprint density at radius 3 is 2.77 bits per heavy atom. The summed E-state index contributed by atoms with van der Waals surface area (Å²) in [6.07, 6.45) is 1.77. The highest BCUT2D eigenvalue weighted by Gasteiger charge is 2.48. The molecule has 4 rings (SSSR count). The van der Waals surface area contributed by atoms with Crippen LogP contribution < -0.4 is 4.74 Å². The summed E-state index contributed by atoms with van der Waals surface area (Å²) < 4.78 is 38.2. The van der Waals surface area contributed by atoms with E-state index in [0.717, 1.165) is 0 Å². The van der Waals surface area contributed by atoms with Crippen molar-refractivity contribution in [3.63, 3.8) is 0 Å². The Kier molecular flexibility index (Phi) is 3.81. The monoisotopic (exact) mass is 377 g/mol. The van der Waals surface area contributed by atoms with Gasteiger partial charge in [-0.25, -0.2) is 13.4 Å². The zero-order valence-corrected chi connectivity index (χ0v) is 15.3. The number of amides is 1. The van der Waals surface area contributed by atoms with Gasteiger partial charge in [-0.15, -0.1) is 0 Å². The quantitative estimate of drug-likeness (QED) is 0.743. The van der Waals surface area contributed by atoms with Gasteiger partial charge in [0.1, 0.15) is 16.2 Å². The van der Waals surface area contributed by atoms with E-state index in [-0.39, 0.29) is 29.7 Å². The minimum atomic E-state index is -3.63. The average molecular weight is 377 g/mol. The number of rotatable bonds is 1. The number of benzene rings is 1. The molecule has 1 saturated heterocycles. The maximum atomic E-state index is 12.8. The largest absolute Gasteiger partial charge is 0.483 e. The molecule has 0 N–H and O–H groups in total. The topological polar surface area (TPSA) is 93.0 Å². The molecule has 1 aromatic heterocycles. The van der Waals surface area contributed by atoms with Crippen molar-refractivity contribution in [2.24, 2.45) is 0 Å². The van der Waals surface area contributed by atoms with Gasteiger partial charge in [0, 0.05) is 20.0 Å². The van der Waals surface area contributed by atoms with Crippen LogP contribution >= 0.6 is 0 Å². The van der Waals surface area contributed by atoms with E-state index in [9.17, 15) is 13.2 Å². The van der Waals surface area contributed by atoms with Crippen molar-refractivity contribution >= 4 is 15.9 Å². The van der Waals surface area contributed by atoms with Crippen molar-refractivity contribution in [3.05, 3.63) is 42.1 Å². The summed E-state index contributed by atoms with van der Waals surface area (Å²) in [5, 5.41) is 0. The van der Waals surface area contributed by atoms with E-state index in [1.54, 1.807) is 30.0 Å². The molecular formula is C17H19N3O5S. The molecule has 1 fully saturated rings. The Morgan fingerprint density at radius 1 is 1.27 bits per heavy atom. The predicted molar refractivity (Wildman–Crippen MR) is 91.4 cm³/mol. The highest BCUT2D eigenvalue weighted by Crippen LogP contribution is 2.38. The molecule has 2 aliphatic rings. The molecule has 0 radical (unpaired) electrons. The fraction of sp³-hybridized carbons (Fsp3) is 0.412. The lowest BCUT2D eigenvalue weighted by atomic mass is 10.0. The van der Waals surface area contributed by atoms with E-state index in [0.29, 0.717) is 24.4 Å². The van der Waals surface area contributed by atoms with Crippen molar-refractivity contribution in [3.8, 4) is 5.75 Å². The molecule has 138 valence electrons. The van der Waals surface area contributed by atoms with Gasteiger partial charge in [0.25, 0.3) is 5.91 Å². The second-order valence-corrected chi connectivity index (χ2v) is 8.75. The summed E-state index contributed by atoms with van der Waals surface area (Å²) in [4.78, 5) is 18.4.